The van der Waals surface area contributed by atoms with Gasteiger partial charge in [0.25, 0.3) is 10.0 Å². The van der Waals surface area contributed by atoms with Gasteiger partial charge in [0, 0.05) is 12.6 Å². The maximum absolute atomic E-state index is 14.1. The highest BCUT2D eigenvalue weighted by atomic mass is 32.2. The minimum absolute atomic E-state index is 0.0321. The average Bonchev–Trinajstić information content (AvgIpc) is 3.03. The molecule has 1 N–H and O–H groups in total. The van der Waals surface area contributed by atoms with Crippen molar-refractivity contribution in [2.45, 2.75) is 44.3 Å². The van der Waals surface area contributed by atoms with Crippen molar-refractivity contribution >= 4 is 27.5 Å². The number of hydrogen-bond acceptors (Lipinski definition) is 6. The van der Waals surface area contributed by atoms with Crippen LogP contribution in [0.2, 0.25) is 0 Å². The summed E-state index contributed by atoms with van der Waals surface area (Å²) in [5.74, 6) is 0.894. The third-order valence-electron chi connectivity index (χ3n) is 6.82. The molecule has 10 heteroatoms. The molecule has 230 valence electrons. The van der Waals surface area contributed by atoms with Gasteiger partial charge in [-0.15, -0.1) is 0 Å². The lowest BCUT2D eigenvalue weighted by molar-refractivity contribution is -0.139. The van der Waals surface area contributed by atoms with E-state index in [-0.39, 0.29) is 29.1 Å². The number of nitrogens with zero attached hydrogens (tertiary/aromatic N) is 2. The number of sulfonamides is 1. The van der Waals surface area contributed by atoms with Gasteiger partial charge in [-0.2, -0.15) is 0 Å². The van der Waals surface area contributed by atoms with Crippen molar-refractivity contribution in [3.8, 4) is 17.2 Å². The summed E-state index contributed by atoms with van der Waals surface area (Å²) in [6.07, 6.45) is 0. The minimum Gasteiger partial charge on any atom is -0.497 e. The predicted molar refractivity (Wildman–Crippen MR) is 170 cm³/mol. The number of nitrogens with one attached hydrogen (secondary N) is 1. The topological polar surface area (TPSA) is 105 Å². The molecule has 4 rings (SSSR count). The fraction of sp³-hybridized carbons (Fsp3) is 0.235. The Hall–Kier alpha value is -4.83. The number of methoxy groups -OCH3 is 1. The molecule has 0 aliphatic rings. The quantitative estimate of drug-likeness (QED) is 0.209. The molecule has 0 aliphatic heterocycles. The van der Waals surface area contributed by atoms with Crippen LogP contribution in [-0.4, -0.2) is 50.9 Å². The standard InChI is InChI=1S/C34H37N3O6S/c1-25(2)35-34(39)26(3)36(23-27-15-19-29(42-4)20-16-27)33(38)24-37(44(40,41)32-13-9-6-10-14-32)28-17-21-31(22-18-28)43-30-11-7-5-8-12-30/h5-22,25-26H,23-24H2,1-4H3,(H,35,39)/t26-/m1/s1. The van der Waals surface area contributed by atoms with Gasteiger partial charge in [-0.25, -0.2) is 8.42 Å². The fourth-order valence-corrected chi connectivity index (χ4v) is 5.90. The van der Waals surface area contributed by atoms with Crippen LogP contribution in [0.25, 0.3) is 0 Å². The monoisotopic (exact) mass is 615 g/mol. The van der Waals surface area contributed by atoms with Gasteiger partial charge < -0.3 is 19.7 Å². The molecule has 0 radical (unpaired) electrons. The molecule has 44 heavy (non-hydrogen) atoms. The second-order valence-corrected chi connectivity index (χ2v) is 12.3. The largest absolute Gasteiger partial charge is 0.497 e. The molecule has 0 saturated carbocycles. The van der Waals surface area contributed by atoms with Crippen molar-refractivity contribution in [2.75, 3.05) is 18.0 Å². The van der Waals surface area contributed by atoms with Crippen LogP contribution in [0.15, 0.2) is 114 Å². The zero-order valence-electron chi connectivity index (χ0n) is 25.2. The molecule has 0 unspecified atom stereocenters. The van der Waals surface area contributed by atoms with Gasteiger partial charge in [0.05, 0.1) is 17.7 Å². The van der Waals surface area contributed by atoms with Crippen molar-refractivity contribution < 1.29 is 27.5 Å². The highest BCUT2D eigenvalue weighted by molar-refractivity contribution is 7.92. The van der Waals surface area contributed by atoms with Crippen molar-refractivity contribution in [1.82, 2.24) is 10.2 Å². The maximum atomic E-state index is 14.1. The fourth-order valence-electron chi connectivity index (χ4n) is 4.47. The van der Waals surface area contributed by atoms with Gasteiger partial charge in [-0.1, -0.05) is 48.5 Å². The molecule has 0 fully saturated rings. The SMILES string of the molecule is COc1ccc(CN(C(=O)CN(c2ccc(Oc3ccccc3)cc2)S(=O)(=O)c2ccccc2)[C@H](C)C(=O)NC(C)C)cc1. The minimum atomic E-state index is -4.17. The van der Waals surface area contributed by atoms with Gasteiger partial charge in [0.15, 0.2) is 0 Å². The summed E-state index contributed by atoms with van der Waals surface area (Å²) in [7, 11) is -2.61. The van der Waals surface area contributed by atoms with Crippen LogP contribution in [0.3, 0.4) is 0 Å². The highest BCUT2D eigenvalue weighted by Crippen LogP contribution is 2.28. The third kappa shape index (κ3) is 8.17. The normalized spacial score (nSPS) is 11.8. The number of rotatable bonds is 13. The second kappa shape index (κ2) is 14.6. The van der Waals surface area contributed by atoms with Crippen molar-refractivity contribution in [1.29, 1.82) is 0 Å². The maximum Gasteiger partial charge on any atom is 0.264 e. The van der Waals surface area contributed by atoms with Crippen LogP contribution in [0.1, 0.15) is 26.3 Å². The molecule has 4 aromatic carbocycles. The smallest absolute Gasteiger partial charge is 0.264 e. The summed E-state index contributed by atoms with van der Waals surface area (Å²) in [5, 5.41) is 2.85. The number of para-hydroxylation sites is 1. The second-order valence-electron chi connectivity index (χ2n) is 10.4. The third-order valence-corrected chi connectivity index (χ3v) is 8.61. The molecular weight excluding hydrogens is 578 g/mol. The molecule has 0 heterocycles. The Morgan fingerprint density at radius 3 is 1.86 bits per heavy atom. The Balaban J connectivity index is 1.68. The lowest BCUT2D eigenvalue weighted by Gasteiger charge is -2.32. The average molecular weight is 616 g/mol. The zero-order chi connectivity index (χ0) is 31.7. The first-order chi connectivity index (χ1) is 21.1. The lowest BCUT2D eigenvalue weighted by Crippen LogP contribution is -2.52. The van der Waals surface area contributed by atoms with Gasteiger partial charge in [-0.05, 0) is 87.0 Å². The first-order valence-electron chi connectivity index (χ1n) is 14.2. The Morgan fingerprint density at radius 2 is 1.30 bits per heavy atom. The van der Waals surface area contributed by atoms with Gasteiger partial charge in [0.2, 0.25) is 11.8 Å². The molecule has 0 aromatic heterocycles. The van der Waals surface area contributed by atoms with E-state index in [1.54, 1.807) is 80.8 Å². The number of amides is 2. The van der Waals surface area contributed by atoms with Crippen LogP contribution < -0.4 is 19.1 Å². The van der Waals surface area contributed by atoms with Crippen molar-refractivity contribution in [2.24, 2.45) is 0 Å². The molecule has 1 atom stereocenters. The Morgan fingerprint density at radius 1 is 0.750 bits per heavy atom. The lowest BCUT2D eigenvalue weighted by atomic mass is 10.1. The first kappa shape index (κ1) is 32.1. The van der Waals surface area contributed by atoms with E-state index in [0.29, 0.717) is 17.2 Å². The summed E-state index contributed by atoms with van der Waals surface area (Å²) in [4.78, 5) is 28.6. The number of anilines is 1. The number of carbonyl (C=O) groups is 2. The number of ether oxygens (including phenoxy) is 2. The first-order valence-corrected chi connectivity index (χ1v) is 15.7. The van der Waals surface area contributed by atoms with Crippen LogP contribution in [0.4, 0.5) is 5.69 Å². The van der Waals surface area contributed by atoms with Crippen molar-refractivity contribution in [3.63, 3.8) is 0 Å². The van der Waals surface area contributed by atoms with Gasteiger partial charge in [0.1, 0.15) is 29.8 Å². The molecule has 9 nitrogen and oxygen atoms in total. The van der Waals surface area contributed by atoms with Crippen LogP contribution >= 0.6 is 0 Å². The van der Waals surface area contributed by atoms with E-state index in [2.05, 4.69) is 5.32 Å². The number of hydrogen-bond donors (Lipinski definition) is 1. The van der Waals surface area contributed by atoms with E-state index in [0.717, 1.165) is 9.87 Å². The molecule has 2 amide bonds. The summed E-state index contributed by atoms with van der Waals surface area (Å²) in [5.41, 5.74) is 1.02. The Bertz CT molecular complexity index is 1630. The van der Waals surface area contributed by atoms with Gasteiger partial charge >= 0.3 is 0 Å². The predicted octanol–water partition coefficient (Wildman–Crippen LogP) is 5.62. The van der Waals surface area contributed by atoms with E-state index < -0.39 is 28.5 Å². The van der Waals surface area contributed by atoms with E-state index in [9.17, 15) is 18.0 Å². The summed E-state index contributed by atoms with van der Waals surface area (Å²) in [6.45, 7) is 4.84. The summed E-state index contributed by atoms with van der Waals surface area (Å²) < 4.78 is 40.1. The molecule has 0 bridgehead atoms. The summed E-state index contributed by atoms with van der Waals surface area (Å²) in [6, 6.07) is 29.7. The number of benzene rings is 4. The zero-order valence-corrected chi connectivity index (χ0v) is 26.0. The van der Waals surface area contributed by atoms with E-state index in [1.165, 1.54) is 17.0 Å². The van der Waals surface area contributed by atoms with Crippen LogP contribution in [0.5, 0.6) is 17.2 Å². The summed E-state index contributed by atoms with van der Waals surface area (Å²) >= 11 is 0. The van der Waals surface area contributed by atoms with Crippen LogP contribution in [-0.2, 0) is 26.2 Å². The van der Waals surface area contributed by atoms with Crippen LogP contribution in [0, 0.1) is 0 Å². The Kier molecular flexibility index (Phi) is 10.6. The molecule has 0 aliphatic carbocycles. The van der Waals surface area contributed by atoms with Gasteiger partial charge in [-0.3, -0.25) is 13.9 Å². The number of carbonyl (C=O) groups excluding carboxylic acids is 2. The van der Waals surface area contributed by atoms with E-state index in [1.807, 2.05) is 44.2 Å². The Labute approximate surface area is 259 Å². The van der Waals surface area contributed by atoms with E-state index >= 15 is 0 Å². The molecule has 0 saturated heterocycles. The molecule has 0 spiro atoms. The van der Waals surface area contributed by atoms with E-state index in [4.69, 9.17) is 9.47 Å². The van der Waals surface area contributed by atoms with Crippen molar-refractivity contribution in [3.05, 3.63) is 115 Å². The molecular formula is C34H37N3O6S. The molecule has 4 aromatic rings. The highest BCUT2D eigenvalue weighted by Gasteiger charge is 2.32.